The van der Waals surface area contributed by atoms with Gasteiger partial charge in [0.05, 0.1) is 0 Å². The van der Waals surface area contributed by atoms with Gasteiger partial charge >= 0.3 is 154 Å². The maximum absolute atomic E-state index is 12.6. The Hall–Kier alpha value is -2.67. The minimum Gasteiger partial charge on any atom is -0.0615 e. The summed E-state index contributed by atoms with van der Waals surface area (Å²) in [5.41, 5.74) is 6.50. The molecular formula is C25H17NO2Te. The molecule has 0 saturated carbocycles. The fourth-order valence-corrected chi connectivity index (χ4v) is 6.88. The molecule has 0 atom stereocenters. The number of nitrogens with zero attached hydrogens (tertiary/aromatic N) is 1. The first kappa shape index (κ1) is 17.2. The zero-order valence-electron chi connectivity index (χ0n) is 15.6. The van der Waals surface area contributed by atoms with E-state index in [9.17, 15) is 9.59 Å². The van der Waals surface area contributed by atoms with Crippen LogP contribution >= 0.6 is 0 Å². The topological polar surface area (TPSA) is 37.4 Å². The second-order valence-corrected chi connectivity index (χ2v) is 10.5. The van der Waals surface area contributed by atoms with Crippen LogP contribution in [-0.4, -0.2) is 36.9 Å². The molecule has 0 amide bonds. The zero-order valence-corrected chi connectivity index (χ0v) is 18.0. The van der Waals surface area contributed by atoms with Crippen LogP contribution in [0.5, 0.6) is 0 Å². The van der Waals surface area contributed by atoms with Crippen LogP contribution in [0.15, 0.2) is 81.6 Å². The van der Waals surface area contributed by atoms with Crippen molar-refractivity contribution in [2.45, 2.75) is 19.5 Å². The number of allylic oxidation sites excluding steroid dienone is 5. The molecule has 140 valence electrons. The van der Waals surface area contributed by atoms with Gasteiger partial charge in [-0.1, -0.05) is 24.3 Å². The van der Waals surface area contributed by atoms with Crippen molar-refractivity contribution in [2.24, 2.45) is 0 Å². The second kappa shape index (κ2) is 6.42. The predicted molar refractivity (Wildman–Crippen MR) is 114 cm³/mol. The van der Waals surface area contributed by atoms with E-state index in [1.165, 1.54) is 22.2 Å². The summed E-state index contributed by atoms with van der Waals surface area (Å²) in [5.74, 6) is -0.306. The number of carbonyl (C=O) groups is 2. The quantitative estimate of drug-likeness (QED) is 0.303. The van der Waals surface area contributed by atoms with Crippen LogP contribution in [-0.2, 0) is 13.1 Å². The van der Waals surface area contributed by atoms with E-state index in [2.05, 4.69) is 33.3 Å². The van der Waals surface area contributed by atoms with E-state index in [1.54, 1.807) is 33.7 Å². The third-order valence-electron chi connectivity index (χ3n) is 6.01. The van der Waals surface area contributed by atoms with E-state index in [-0.39, 0.29) is 32.0 Å². The van der Waals surface area contributed by atoms with Gasteiger partial charge < -0.3 is 0 Å². The Balaban J connectivity index is 1.21. The average molecular weight is 491 g/mol. The molecule has 6 rings (SSSR count). The number of fused-ring (bicyclic) bond motifs is 3. The monoisotopic (exact) mass is 493 g/mol. The van der Waals surface area contributed by atoms with Crippen LogP contribution in [0, 0.1) is 0 Å². The maximum atomic E-state index is 12.6. The van der Waals surface area contributed by atoms with Crippen molar-refractivity contribution in [1.82, 2.24) is 4.90 Å². The normalized spacial score (nSPS) is 17.7. The van der Waals surface area contributed by atoms with Crippen LogP contribution in [0.1, 0.15) is 38.3 Å². The van der Waals surface area contributed by atoms with Crippen LogP contribution in [0.4, 0.5) is 0 Å². The third-order valence-corrected chi connectivity index (χ3v) is 8.52. The molecule has 0 spiro atoms. The molecule has 0 radical (unpaired) electrons. The Labute approximate surface area is 178 Å². The third kappa shape index (κ3) is 2.71. The van der Waals surface area contributed by atoms with Gasteiger partial charge in [-0.15, -0.1) is 0 Å². The van der Waals surface area contributed by atoms with Gasteiger partial charge in [0.2, 0.25) is 0 Å². The molecule has 2 aromatic carbocycles. The van der Waals surface area contributed by atoms with Crippen LogP contribution < -0.4 is 0 Å². The van der Waals surface area contributed by atoms with E-state index in [0.29, 0.717) is 16.7 Å². The summed E-state index contributed by atoms with van der Waals surface area (Å²) >= 11 is -0.131. The van der Waals surface area contributed by atoms with E-state index in [0.717, 1.165) is 25.1 Å². The van der Waals surface area contributed by atoms with E-state index in [4.69, 9.17) is 0 Å². The summed E-state index contributed by atoms with van der Waals surface area (Å²) in [5, 5.41) is 1.41. The fraction of sp³-hybridized carbons (Fsp3) is 0.120. The number of benzene rings is 2. The van der Waals surface area contributed by atoms with Crippen molar-refractivity contribution < 1.29 is 9.59 Å². The van der Waals surface area contributed by atoms with Crippen molar-refractivity contribution in [3.05, 3.63) is 104 Å². The van der Waals surface area contributed by atoms with Crippen molar-refractivity contribution >= 4 is 40.8 Å². The number of Topliss-reactive ketones (excluding diaryl/α,β-unsaturated/α-hetero) is 2. The Kier molecular flexibility index (Phi) is 3.81. The molecule has 0 fully saturated rings. The number of hydrogen-bond donors (Lipinski definition) is 0. The second-order valence-electron chi connectivity index (χ2n) is 7.77. The summed E-state index contributed by atoms with van der Waals surface area (Å²) in [4.78, 5) is 27.7. The predicted octanol–water partition coefficient (Wildman–Crippen LogP) is 4.43. The Bertz CT molecular complexity index is 1240. The first-order valence-corrected chi connectivity index (χ1v) is 12.2. The van der Waals surface area contributed by atoms with Crippen molar-refractivity contribution in [3.63, 3.8) is 0 Å². The summed E-state index contributed by atoms with van der Waals surface area (Å²) in [6.07, 6.45) is 6.74. The molecule has 0 bridgehead atoms. The van der Waals surface area contributed by atoms with Gasteiger partial charge in [-0.3, -0.25) is 0 Å². The molecule has 0 N–H and O–H groups in total. The minimum absolute atomic E-state index is 0.131. The smallest absolute Gasteiger partial charge is 0.0615 e. The molecule has 3 aliphatic rings. The first-order chi connectivity index (χ1) is 14.2. The first-order valence-electron chi connectivity index (χ1n) is 9.71. The van der Waals surface area contributed by atoms with Gasteiger partial charge in [0.25, 0.3) is 0 Å². The summed E-state index contributed by atoms with van der Waals surface area (Å²) in [6.45, 7) is 1.88. The van der Waals surface area contributed by atoms with E-state index >= 15 is 0 Å². The molecular weight excluding hydrogens is 474 g/mol. The Morgan fingerprint density at radius 2 is 1.62 bits per heavy atom. The number of carbonyl (C=O) groups excluding carboxylic acids is 2. The van der Waals surface area contributed by atoms with Crippen molar-refractivity contribution in [3.8, 4) is 0 Å². The van der Waals surface area contributed by atoms with E-state index < -0.39 is 0 Å². The molecule has 2 aliphatic carbocycles. The molecule has 2 heterocycles. The molecule has 1 aromatic heterocycles. The molecule has 3 nitrogen and oxygen atoms in total. The summed E-state index contributed by atoms with van der Waals surface area (Å²) < 4.78 is 3.91. The van der Waals surface area contributed by atoms with Gasteiger partial charge in [0.1, 0.15) is 0 Å². The molecule has 1 aliphatic heterocycles. The molecule has 0 saturated heterocycles. The fourth-order valence-electron chi connectivity index (χ4n) is 4.50. The number of hydrogen-bond acceptors (Lipinski definition) is 3. The molecule has 29 heavy (non-hydrogen) atoms. The summed E-state index contributed by atoms with van der Waals surface area (Å²) in [7, 11) is 0. The van der Waals surface area contributed by atoms with Crippen LogP contribution in [0.25, 0.3) is 8.79 Å². The Morgan fingerprint density at radius 3 is 2.38 bits per heavy atom. The SMILES string of the molecule is O=C1C(=CC2=CC=C(N3Cc4cc5cc[te]c5cc4C3)C2)C(=O)c2ccccc21. The van der Waals surface area contributed by atoms with Crippen LogP contribution in [0.3, 0.4) is 0 Å². The molecule has 0 unspecified atom stereocenters. The van der Waals surface area contributed by atoms with Gasteiger partial charge in [0, 0.05) is 0 Å². The number of rotatable bonds is 2. The van der Waals surface area contributed by atoms with Crippen molar-refractivity contribution in [2.75, 3.05) is 0 Å². The van der Waals surface area contributed by atoms with Crippen molar-refractivity contribution in [1.29, 1.82) is 0 Å². The molecule has 3 aromatic rings. The van der Waals surface area contributed by atoms with Gasteiger partial charge in [-0.2, -0.15) is 0 Å². The standard InChI is InChI=1S/C25H17NO2Te/c27-24-20-3-1-2-4-21(20)25(28)22(24)10-15-5-6-19(9-15)26-13-17-11-16-7-8-29-23(16)12-18(17)14-26/h1-8,10-12H,9,13-14H2. The Morgan fingerprint density at radius 1 is 0.897 bits per heavy atom. The zero-order chi connectivity index (χ0) is 19.5. The number of ketones is 2. The summed E-state index contributed by atoms with van der Waals surface area (Å²) in [6, 6.07) is 14.1. The van der Waals surface area contributed by atoms with E-state index in [1.807, 2.05) is 6.08 Å². The van der Waals surface area contributed by atoms with Gasteiger partial charge in [-0.25, -0.2) is 0 Å². The molecule has 4 heteroatoms. The van der Waals surface area contributed by atoms with Gasteiger partial charge in [-0.05, 0) is 0 Å². The van der Waals surface area contributed by atoms with Crippen LogP contribution in [0.2, 0.25) is 0 Å². The van der Waals surface area contributed by atoms with Gasteiger partial charge in [0.15, 0.2) is 0 Å². The average Bonchev–Trinajstić information content (AvgIpc) is 3.50. The minimum atomic E-state index is -0.153.